The van der Waals surface area contributed by atoms with Crippen LogP contribution in [0.3, 0.4) is 0 Å². The van der Waals surface area contributed by atoms with Crippen LogP contribution in [0.4, 0.5) is 5.13 Å². The van der Waals surface area contributed by atoms with Crippen molar-refractivity contribution >= 4 is 39.9 Å². The summed E-state index contributed by atoms with van der Waals surface area (Å²) in [6.45, 7) is 9.90. The summed E-state index contributed by atoms with van der Waals surface area (Å²) in [5.41, 5.74) is 2.39. The van der Waals surface area contributed by atoms with Crippen LogP contribution in [0.2, 0.25) is 0 Å². The Hall–Kier alpha value is -4.24. The zero-order valence-electron chi connectivity index (χ0n) is 22.8. The van der Waals surface area contributed by atoms with Gasteiger partial charge in [-0.05, 0) is 55.2 Å². The quantitative estimate of drug-likeness (QED) is 0.0747. The molecule has 4 rings (SSSR count). The van der Waals surface area contributed by atoms with Gasteiger partial charge in [-0.3, -0.25) is 14.5 Å². The van der Waals surface area contributed by atoms with Gasteiger partial charge < -0.3 is 14.6 Å². The Balaban J connectivity index is 1.80. The van der Waals surface area contributed by atoms with E-state index in [0.29, 0.717) is 29.2 Å². The molecule has 1 unspecified atom stereocenters. The zero-order chi connectivity index (χ0) is 28.8. The average molecular weight is 561 g/mol. The van der Waals surface area contributed by atoms with Crippen molar-refractivity contribution in [3.63, 3.8) is 0 Å². The van der Waals surface area contributed by atoms with Crippen molar-refractivity contribution in [3.8, 4) is 5.75 Å². The molecule has 0 spiro atoms. The lowest BCUT2D eigenvalue weighted by Gasteiger charge is -2.23. The Bertz CT molecular complexity index is 1440. The van der Waals surface area contributed by atoms with E-state index < -0.39 is 23.7 Å². The molecule has 0 radical (unpaired) electrons. The van der Waals surface area contributed by atoms with Crippen LogP contribution in [0, 0.1) is 6.92 Å². The number of carbonyl (C=O) groups is 3. The van der Waals surface area contributed by atoms with Crippen LogP contribution in [0.25, 0.3) is 5.76 Å². The van der Waals surface area contributed by atoms with Gasteiger partial charge in [-0.25, -0.2) is 9.78 Å². The Morgan fingerprint density at radius 2 is 1.82 bits per heavy atom. The molecule has 1 N–H and O–H groups in total. The number of esters is 1. The fourth-order valence-electron chi connectivity index (χ4n) is 4.35. The first-order valence-corrected chi connectivity index (χ1v) is 14.0. The van der Waals surface area contributed by atoms with E-state index in [0.717, 1.165) is 36.2 Å². The van der Waals surface area contributed by atoms with Gasteiger partial charge in [-0.1, -0.05) is 68.5 Å². The maximum Gasteiger partial charge on any atom is 0.350 e. The molecule has 1 fully saturated rings. The van der Waals surface area contributed by atoms with Crippen LogP contribution in [-0.4, -0.2) is 41.0 Å². The number of thiazole rings is 1. The third-order valence-corrected chi connectivity index (χ3v) is 7.69. The van der Waals surface area contributed by atoms with Crippen molar-refractivity contribution < 1.29 is 29.0 Å². The summed E-state index contributed by atoms with van der Waals surface area (Å²) < 4.78 is 10.9. The lowest BCUT2D eigenvalue weighted by molar-refractivity contribution is -0.132. The van der Waals surface area contributed by atoms with Gasteiger partial charge in [0.15, 0.2) is 5.13 Å². The van der Waals surface area contributed by atoms with Gasteiger partial charge in [0.05, 0.1) is 23.9 Å². The molecule has 9 heteroatoms. The van der Waals surface area contributed by atoms with Crippen molar-refractivity contribution in [2.75, 3.05) is 18.1 Å². The number of ketones is 1. The third-order valence-electron chi connectivity index (χ3n) is 6.55. The molecule has 208 valence electrons. The topological polar surface area (TPSA) is 106 Å². The molecule has 3 aromatic rings. The number of hydrogen-bond donors (Lipinski definition) is 1. The smallest absolute Gasteiger partial charge is 0.350 e. The highest BCUT2D eigenvalue weighted by molar-refractivity contribution is 7.17. The Kier molecular flexibility index (Phi) is 9.16. The lowest BCUT2D eigenvalue weighted by Crippen LogP contribution is -2.29. The Morgan fingerprint density at radius 1 is 1.12 bits per heavy atom. The van der Waals surface area contributed by atoms with E-state index in [9.17, 15) is 19.5 Å². The van der Waals surface area contributed by atoms with Crippen LogP contribution in [0.1, 0.15) is 64.8 Å². The minimum Gasteiger partial charge on any atom is -0.507 e. The molecule has 40 heavy (non-hydrogen) atoms. The van der Waals surface area contributed by atoms with E-state index in [-0.39, 0.29) is 27.9 Å². The van der Waals surface area contributed by atoms with Gasteiger partial charge in [0.25, 0.3) is 5.78 Å². The number of nitrogens with zero attached hydrogens (tertiary/aromatic N) is 2. The second-order valence-electron chi connectivity index (χ2n) is 9.29. The summed E-state index contributed by atoms with van der Waals surface area (Å²) in [5, 5.41) is 11.6. The number of Topliss-reactive ketones (excluding diaryl/α,β-unsaturated/α-hetero) is 1. The van der Waals surface area contributed by atoms with Gasteiger partial charge in [0.1, 0.15) is 23.0 Å². The van der Waals surface area contributed by atoms with Gasteiger partial charge in [-0.2, -0.15) is 0 Å². The molecule has 0 saturated carbocycles. The van der Waals surface area contributed by atoms with Crippen LogP contribution in [0.5, 0.6) is 5.75 Å². The molecule has 0 bridgehead atoms. The largest absolute Gasteiger partial charge is 0.507 e. The molecular weight excluding hydrogens is 528 g/mol. The highest BCUT2D eigenvalue weighted by atomic mass is 32.1. The number of amides is 1. The summed E-state index contributed by atoms with van der Waals surface area (Å²) in [7, 11) is 0. The second kappa shape index (κ2) is 12.7. The number of hydrogen-bond acceptors (Lipinski definition) is 8. The number of ether oxygens (including phenoxy) is 2. The van der Waals surface area contributed by atoms with Crippen molar-refractivity contribution in [1.29, 1.82) is 0 Å². The monoisotopic (exact) mass is 560 g/mol. The predicted octanol–water partition coefficient (Wildman–Crippen LogP) is 6.16. The number of carbonyl (C=O) groups excluding carboxylic acids is 3. The fraction of sp³-hybridized carbons (Fsp3) is 0.290. The minimum atomic E-state index is -0.950. The van der Waals surface area contributed by atoms with Crippen molar-refractivity contribution in [3.05, 3.63) is 94.0 Å². The van der Waals surface area contributed by atoms with E-state index in [1.165, 1.54) is 11.0 Å². The first kappa shape index (κ1) is 28.8. The fourth-order valence-corrected chi connectivity index (χ4v) is 5.34. The molecule has 2 aromatic carbocycles. The van der Waals surface area contributed by atoms with Crippen LogP contribution in [-0.2, 0) is 20.7 Å². The normalized spacial score (nSPS) is 16.3. The molecule has 0 aliphatic carbocycles. The molecule has 8 nitrogen and oxygen atoms in total. The van der Waals surface area contributed by atoms with Crippen LogP contribution in [0.15, 0.2) is 66.8 Å². The summed E-state index contributed by atoms with van der Waals surface area (Å²) in [4.78, 5) is 45.4. The minimum absolute atomic E-state index is 0.0300. The number of aliphatic hydroxyl groups is 1. The molecular formula is C31H32N2O6S. The Morgan fingerprint density at radius 3 is 2.45 bits per heavy atom. The second-order valence-corrected chi connectivity index (χ2v) is 10.3. The SMILES string of the molecule is C=CCOC(=O)c1sc(N2C(=O)C(=O)/C(=C(/O)c3ccc(OCCCC)cc3)C2c2ccc(CC)cc2)nc1C. The molecule has 1 aliphatic heterocycles. The number of aliphatic hydroxyl groups excluding tert-OH is 1. The number of anilines is 1. The maximum absolute atomic E-state index is 13.5. The summed E-state index contributed by atoms with van der Waals surface area (Å²) in [6.07, 6.45) is 4.20. The average Bonchev–Trinajstić information content (AvgIpc) is 3.48. The van der Waals surface area contributed by atoms with Gasteiger partial charge in [-0.15, -0.1) is 0 Å². The predicted molar refractivity (Wildman–Crippen MR) is 155 cm³/mol. The highest BCUT2D eigenvalue weighted by Crippen LogP contribution is 2.44. The molecule has 2 heterocycles. The number of rotatable bonds is 11. The molecule has 1 saturated heterocycles. The number of unbranched alkanes of at least 4 members (excludes halogenated alkanes) is 1. The molecule has 1 aliphatic rings. The lowest BCUT2D eigenvalue weighted by atomic mass is 9.94. The van der Waals surface area contributed by atoms with E-state index in [4.69, 9.17) is 9.47 Å². The number of aromatic nitrogens is 1. The van der Waals surface area contributed by atoms with Crippen LogP contribution < -0.4 is 9.64 Å². The van der Waals surface area contributed by atoms with Gasteiger partial charge >= 0.3 is 11.9 Å². The van der Waals surface area contributed by atoms with Crippen LogP contribution >= 0.6 is 11.3 Å². The van der Waals surface area contributed by atoms with E-state index in [2.05, 4.69) is 18.5 Å². The van der Waals surface area contributed by atoms with E-state index in [1.807, 2.05) is 31.2 Å². The van der Waals surface area contributed by atoms with E-state index >= 15 is 0 Å². The maximum atomic E-state index is 13.5. The first-order chi connectivity index (χ1) is 19.3. The molecule has 1 aromatic heterocycles. The summed E-state index contributed by atoms with van der Waals surface area (Å²) in [5.74, 6) is -1.93. The number of aryl methyl sites for hydroxylation is 2. The Labute approximate surface area is 237 Å². The van der Waals surface area contributed by atoms with Crippen molar-refractivity contribution in [2.45, 2.75) is 46.1 Å². The van der Waals surface area contributed by atoms with Gasteiger partial charge in [0, 0.05) is 5.56 Å². The zero-order valence-corrected chi connectivity index (χ0v) is 23.6. The summed E-state index contributed by atoms with van der Waals surface area (Å²) in [6, 6.07) is 13.3. The van der Waals surface area contributed by atoms with E-state index in [1.54, 1.807) is 31.2 Å². The van der Waals surface area contributed by atoms with Crippen molar-refractivity contribution in [2.24, 2.45) is 0 Å². The number of benzene rings is 2. The molecule has 1 amide bonds. The summed E-state index contributed by atoms with van der Waals surface area (Å²) >= 11 is 0.960. The third kappa shape index (κ3) is 5.84. The first-order valence-electron chi connectivity index (χ1n) is 13.2. The van der Waals surface area contributed by atoms with Gasteiger partial charge in [0.2, 0.25) is 0 Å². The highest BCUT2D eigenvalue weighted by Gasteiger charge is 2.48. The van der Waals surface area contributed by atoms with Crippen molar-refractivity contribution in [1.82, 2.24) is 4.98 Å². The standard InChI is InChI=1S/C31H32N2O6S/c1-5-8-18-38-23-15-13-22(14-16-23)26(34)24-25(21-11-9-20(7-3)10-12-21)33(29(36)27(24)35)31-32-19(4)28(40-31)30(37)39-17-6-2/h6,9-16,25,34H,2,5,7-8,17-18H2,1,3-4H3/b26-24+. The molecule has 1 atom stereocenters.